The van der Waals surface area contributed by atoms with Crippen molar-refractivity contribution >= 4 is 11.6 Å². The third-order valence-corrected chi connectivity index (χ3v) is 4.59. The molecule has 0 bridgehead atoms. The number of aryl methyl sites for hydroxylation is 1. The van der Waals surface area contributed by atoms with Crippen molar-refractivity contribution in [2.75, 3.05) is 6.61 Å². The number of rotatable bonds is 10. The predicted octanol–water partition coefficient (Wildman–Crippen LogP) is 7.31. The summed E-state index contributed by atoms with van der Waals surface area (Å²) in [6, 6.07) is 14.9. The lowest BCUT2D eigenvalue weighted by Crippen LogP contribution is -1.97. The van der Waals surface area contributed by atoms with Crippen LogP contribution < -0.4 is 4.74 Å². The van der Waals surface area contributed by atoms with Gasteiger partial charge in [0.15, 0.2) is 0 Å². The highest BCUT2D eigenvalue weighted by Gasteiger charge is 2.05. The molecule has 0 atom stereocenters. The van der Waals surface area contributed by atoms with E-state index in [-0.39, 0.29) is 0 Å². The molecular weight excluding hydrogens is 316 g/mol. The smallest absolute Gasteiger partial charge is 0.137 e. The fraction of sp³-hybridized carbons (Fsp3) is 0.455. The van der Waals surface area contributed by atoms with Gasteiger partial charge in [0.25, 0.3) is 0 Å². The van der Waals surface area contributed by atoms with E-state index in [0.29, 0.717) is 5.02 Å². The van der Waals surface area contributed by atoms with Crippen LogP contribution in [0.3, 0.4) is 0 Å². The van der Waals surface area contributed by atoms with Crippen molar-refractivity contribution < 1.29 is 4.74 Å². The Balaban J connectivity index is 1.97. The van der Waals surface area contributed by atoms with E-state index in [9.17, 15) is 0 Å². The molecule has 2 aromatic carbocycles. The standard InChI is InChI=1S/C22H29ClO/c1-3-5-7-9-18-10-12-19(13-11-18)20-14-15-22(21(23)17-20)24-16-8-6-4-2/h10-15,17H,3-9,16H2,1-2H3. The van der Waals surface area contributed by atoms with Crippen molar-refractivity contribution in [3.05, 3.63) is 53.1 Å². The normalized spacial score (nSPS) is 10.8. The Labute approximate surface area is 152 Å². The lowest BCUT2D eigenvalue weighted by atomic mass is 10.0. The van der Waals surface area contributed by atoms with Crippen molar-refractivity contribution in [2.24, 2.45) is 0 Å². The van der Waals surface area contributed by atoms with Crippen LogP contribution in [0.25, 0.3) is 11.1 Å². The summed E-state index contributed by atoms with van der Waals surface area (Å²) in [6.07, 6.45) is 8.48. The molecule has 2 heteroatoms. The number of benzene rings is 2. The van der Waals surface area contributed by atoms with Crippen LogP contribution in [-0.4, -0.2) is 6.61 Å². The fourth-order valence-electron chi connectivity index (χ4n) is 2.77. The van der Waals surface area contributed by atoms with Crippen LogP contribution in [0.1, 0.15) is 57.9 Å². The van der Waals surface area contributed by atoms with Gasteiger partial charge in [-0.3, -0.25) is 0 Å². The van der Waals surface area contributed by atoms with Crippen LogP contribution in [0, 0.1) is 0 Å². The molecule has 1 nitrogen and oxygen atoms in total. The third kappa shape index (κ3) is 5.87. The maximum absolute atomic E-state index is 6.38. The molecule has 2 aromatic rings. The van der Waals surface area contributed by atoms with Gasteiger partial charge < -0.3 is 4.74 Å². The number of hydrogen-bond donors (Lipinski definition) is 0. The monoisotopic (exact) mass is 344 g/mol. The van der Waals surface area contributed by atoms with Crippen LogP contribution >= 0.6 is 11.6 Å². The third-order valence-electron chi connectivity index (χ3n) is 4.29. The first-order chi connectivity index (χ1) is 11.7. The van der Waals surface area contributed by atoms with Crippen LogP contribution in [0.2, 0.25) is 5.02 Å². The Bertz CT molecular complexity index is 604. The minimum Gasteiger partial charge on any atom is -0.492 e. The van der Waals surface area contributed by atoms with E-state index in [1.54, 1.807) is 0 Å². The highest BCUT2D eigenvalue weighted by molar-refractivity contribution is 6.32. The largest absolute Gasteiger partial charge is 0.492 e. The molecule has 24 heavy (non-hydrogen) atoms. The van der Waals surface area contributed by atoms with Gasteiger partial charge in [-0.05, 0) is 48.1 Å². The topological polar surface area (TPSA) is 9.23 Å². The summed E-state index contributed by atoms with van der Waals surface area (Å²) in [6.45, 7) is 5.17. The highest BCUT2D eigenvalue weighted by Crippen LogP contribution is 2.30. The van der Waals surface area contributed by atoms with Gasteiger partial charge in [-0.2, -0.15) is 0 Å². The summed E-state index contributed by atoms with van der Waals surface area (Å²) in [5.74, 6) is 0.785. The van der Waals surface area contributed by atoms with E-state index >= 15 is 0 Å². The van der Waals surface area contributed by atoms with Crippen LogP contribution in [0.5, 0.6) is 5.75 Å². The van der Waals surface area contributed by atoms with Crippen molar-refractivity contribution in [1.29, 1.82) is 0 Å². The second-order valence-electron chi connectivity index (χ2n) is 6.35. The highest BCUT2D eigenvalue weighted by atomic mass is 35.5. The van der Waals surface area contributed by atoms with E-state index in [1.807, 2.05) is 12.1 Å². The minimum atomic E-state index is 0.691. The number of ether oxygens (including phenoxy) is 1. The van der Waals surface area contributed by atoms with Crippen molar-refractivity contribution in [3.63, 3.8) is 0 Å². The predicted molar refractivity (Wildman–Crippen MR) is 105 cm³/mol. The van der Waals surface area contributed by atoms with Crippen LogP contribution in [0.4, 0.5) is 0 Å². The molecule has 0 saturated heterocycles. The molecule has 0 unspecified atom stereocenters. The maximum atomic E-state index is 6.38. The lowest BCUT2D eigenvalue weighted by molar-refractivity contribution is 0.306. The molecule has 0 fully saturated rings. The quantitative estimate of drug-likeness (QED) is 0.410. The summed E-state index contributed by atoms with van der Waals surface area (Å²) in [4.78, 5) is 0. The Kier molecular flexibility index (Phi) is 8.18. The first kappa shape index (κ1) is 18.9. The van der Waals surface area contributed by atoms with Gasteiger partial charge in [0, 0.05) is 0 Å². The van der Waals surface area contributed by atoms with Crippen LogP contribution in [0.15, 0.2) is 42.5 Å². The first-order valence-corrected chi connectivity index (χ1v) is 9.64. The summed E-state index contributed by atoms with van der Waals surface area (Å²) in [7, 11) is 0. The van der Waals surface area contributed by atoms with E-state index in [0.717, 1.165) is 24.3 Å². The zero-order valence-corrected chi connectivity index (χ0v) is 15.7. The molecule has 0 radical (unpaired) electrons. The van der Waals surface area contributed by atoms with Gasteiger partial charge in [0.2, 0.25) is 0 Å². The fourth-order valence-corrected chi connectivity index (χ4v) is 3.01. The average molecular weight is 345 g/mol. The van der Waals surface area contributed by atoms with E-state index in [1.165, 1.54) is 49.7 Å². The molecule has 0 aliphatic rings. The number of unbranched alkanes of at least 4 members (excludes halogenated alkanes) is 4. The van der Waals surface area contributed by atoms with Gasteiger partial charge in [-0.25, -0.2) is 0 Å². The Morgan fingerprint density at radius 2 is 1.46 bits per heavy atom. The Morgan fingerprint density at radius 1 is 0.792 bits per heavy atom. The molecule has 0 aliphatic carbocycles. The van der Waals surface area contributed by atoms with Gasteiger partial charge in [-0.15, -0.1) is 0 Å². The summed E-state index contributed by atoms with van der Waals surface area (Å²) >= 11 is 6.38. The summed E-state index contributed by atoms with van der Waals surface area (Å²) in [5, 5.41) is 0.691. The lowest BCUT2D eigenvalue weighted by Gasteiger charge is -2.10. The molecule has 0 aliphatic heterocycles. The number of halogens is 1. The van der Waals surface area contributed by atoms with Gasteiger partial charge >= 0.3 is 0 Å². The van der Waals surface area contributed by atoms with Gasteiger partial charge in [0.05, 0.1) is 11.6 Å². The maximum Gasteiger partial charge on any atom is 0.137 e. The van der Waals surface area contributed by atoms with Crippen molar-refractivity contribution in [3.8, 4) is 16.9 Å². The molecule has 2 rings (SSSR count). The van der Waals surface area contributed by atoms with E-state index in [4.69, 9.17) is 16.3 Å². The van der Waals surface area contributed by atoms with E-state index in [2.05, 4.69) is 44.2 Å². The molecule has 0 saturated carbocycles. The second-order valence-corrected chi connectivity index (χ2v) is 6.76. The zero-order valence-electron chi connectivity index (χ0n) is 15.0. The average Bonchev–Trinajstić information content (AvgIpc) is 2.61. The van der Waals surface area contributed by atoms with Crippen molar-refractivity contribution in [2.45, 2.75) is 58.8 Å². The summed E-state index contributed by atoms with van der Waals surface area (Å²) in [5.41, 5.74) is 3.75. The Hall–Kier alpha value is -1.47. The molecule has 130 valence electrons. The zero-order chi connectivity index (χ0) is 17.2. The van der Waals surface area contributed by atoms with Gasteiger partial charge in [-0.1, -0.05) is 81.5 Å². The second kappa shape index (κ2) is 10.4. The molecule has 0 aromatic heterocycles. The van der Waals surface area contributed by atoms with E-state index < -0.39 is 0 Å². The first-order valence-electron chi connectivity index (χ1n) is 9.26. The Morgan fingerprint density at radius 3 is 2.12 bits per heavy atom. The SMILES string of the molecule is CCCCCOc1ccc(-c2ccc(CCCCC)cc2)cc1Cl. The molecule has 0 spiro atoms. The molecule has 0 heterocycles. The minimum absolute atomic E-state index is 0.691. The summed E-state index contributed by atoms with van der Waals surface area (Å²) < 4.78 is 5.77. The van der Waals surface area contributed by atoms with Gasteiger partial charge in [0.1, 0.15) is 5.75 Å². The van der Waals surface area contributed by atoms with Crippen LogP contribution in [-0.2, 0) is 6.42 Å². The molecular formula is C22H29ClO. The number of hydrogen-bond acceptors (Lipinski definition) is 1. The molecule has 0 N–H and O–H groups in total. The molecule has 0 amide bonds. The van der Waals surface area contributed by atoms with Crippen molar-refractivity contribution in [1.82, 2.24) is 0 Å².